The van der Waals surface area contributed by atoms with Crippen LogP contribution in [0.3, 0.4) is 0 Å². The van der Waals surface area contributed by atoms with Crippen molar-refractivity contribution < 1.29 is 14.3 Å². The largest absolute Gasteiger partial charge is 0.494 e. The fourth-order valence-corrected chi connectivity index (χ4v) is 2.83. The molecule has 0 aliphatic heterocycles. The third-order valence-electron chi connectivity index (χ3n) is 4.11. The summed E-state index contributed by atoms with van der Waals surface area (Å²) in [6.45, 7) is 6.71. The maximum Gasteiger partial charge on any atom is 0.257 e. The third kappa shape index (κ3) is 8.21. The molecule has 7 heteroatoms. The van der Waals surface area contributed by atoms with Crippen LogP contribution in [-0.2, 0) is 4.79 Å². The van der Waals surface area contributed by atoms with Crippen LogP contribution in [0.2, 0.25) is 0 Å². The lowest BCUT2D eigenvalue weighted by atomic mass is 10.1. The summed E-state index contributed by atoms with van der Waals surface area (Å²) in [7, 11) is 0. The minimum atomic E-state index is -0.314. The van der Waals surface area contributed by atoms with Crippen LogP contribution in [0.1, 0.15) is 50.4 Å². The zero-order valence-electron chi connectivity index (χ0n) is 17.7. The van der Waals surface area contributed by atoms with E-state index in [1.165, 1.54) is 0 Å². The van der Waals surface area contributed by atoms with Crippen molar-refractivity contribution in [2.24, 2.45) is 5.92 Å². The molecule has 2 aromatic rings. The van der Waals surface area contributed by atoms with Crippen LogP contribution in [0.15, 0.2) is 48.5 Å². The van der Waals surface area contributed by atoms with Gasteiger partial charge in [-0.2, -0.15) is 0 Å². The Hall–Kier alpha value is -2.93. The second-order valence-corrected chi connectivity index (χ2v) is 7.77. The van der Waals surface area contributed by atoms with Crippen molar-refractivity contribution in [2.75, 3.05) is 17.2 Å². The molecule has 0 saturated carbocycles. The highest BCUT2D eigenvalue weighted by Crippen LogP contribution is 2.16. The fraction of sp³-hybridized carbons (Fsp3) is 0.348. The average molecular weight is 428 g/mol. The maximum atomic E-state index is 12.4. The lowest BCUT2D eigenvalue weighted by molar-refractivity contribution is -0.116. The van der Waals surface area contributed by atoms with E-state index in [9.17, 15) is 9.59 Å². The maximum absolute atomic E-state index is 12.4. The molecule has 2 aromatic carbocycles. The topological polar surface area (TPSA) is 79.5 Å². The first-order valence-electron chi connectivity index (χ1n) is 10.1. The normalized spacial score (nSPS) is 10.4. The Bertz CT molecular complexity index is 866. The van der Waals surface area contributed by atoms with Crippen molar-refractivity contribution in [3.05, 3.63) is 54.1 Å². The van der Waals surface area contributed by atoms with Crippen molar-refractivity contribution in [3.8, 4) is 5.75 Å². The lowest BCUT2D eigenvalue weighted by Crippen LogP contribution is -2.34. The van der Waals surface area contributed by atoms with Crippen LogP contribution in [0.4, 0.5) is 11.4 Å². The molecule has 0 aliphatic rings. The summed E-state index contributed by atoms with van der Waals surface area (Å²) in [4.78, 5) is 24.3. The molecule has 0 radical (unpaired) electrons. The molecule has 6 nitrogen and oxygen atoms in total. The van der Waals surface area contributed by atoms with E-state index in [4.69, 9.17) is 17.0 Å². The van der Waals surface area contributed by atoms with Crippen molar-refractivity contribution in [1.29, 1.82) is 0 Å². The van der Waals surface area contributed by atoms with Gasteiger partial charge in [-0.05, 0) is 67.0 Å². The first kappa shape index (κ1) is 23.3. The Morgan fingerprint density at radius 3 is 2.33 bits per heavy atom. The summed E-state index contributed by atoms with van der Waals surface area (Å²) >= 11 is 5.24. The molecule has 160 valence electrons. The molecule has 2 rings (SSSR count). The van der Waals surface area contributed by atoms with E-state index in [0.29, 0.717) is 41.6 Å². The Morgan fingerprint density at radius 1 is 1.03 bits per heavy atom. The van der Waals surface area contributed by atoms with E-state index >= 15 is 0 Å². The van der Waals surface area contributed by atoms with E-state index in [2.05, 4.69) is 22.9 Å². The number of rotatable bonds is 9. The molecule has 3 N–H and O–H groups in total. The molecule has 30 heavy (non-hydrogen) atoms. The minimum Gasteiger partial charge on any atom is -0.494 e. The molecule has 0 fully saturated rings. The smallest absolute Gasteiger partial charge is 0.257 e. The molecule has 2 amide bonds. The number of carbonyl (C=O) groups excluding carboxylic acids is 2. The van der Waals surface area contributed by atoms with Gasteiger partial charge in [0.2, 0.25) is 5.91 Å². The van der Waals surface area contributed by atoms with Gasteiger partial charge in [0.05, 0.1) is 6.61 Å². The van der Waals surface area contributed by atoms with Gasteiger partial charge < -0.3 is 15.4 Å². The molecule has 0 unspecified atom stereocenters. The summed E-state index contributed by atoms with van der Waals surface area (Å²) in [5.74, 6) is 0.626. The van der Waals surface area contributed by atoms with Gasteiger partial charge in [0.15, 0.2) is 5.11 Å². The van der Waals surface area contributed by atoms with Crippen molar-refractivity contribution in [1.82, 2.24) is 5.32 Å². The highest BCUT2D eigenvalue weighted by Gasteiger charge is 2.10. The number of thiocarbonyl (C=S) groups is 1. The predicted octanol–water partition coefficient (Wildman–Crippen LogP) is 4.98. The predicted molar refractivity (Wildman–Crippen MR) is 125 cm³/mol. The molecule has 0 atom stereocenters. The number of anilines is 2. The van der Waals surface area contributed by atoms with Crippen molar-refractivity contribution in [2.45, 2.75) is 40.0 Å². The number of hydrogen-bond acceptors (Lipinski definition) is 4. The molecule has 0 aliphatic carbocycles. The van der Waals surface area contributed by atoms with Crippen LogP contribution in [-0.4, -0.2) is 23.5 Å². The number of hydrogen-bond donors (Lipinski definition) is 3. The Balaban J connectivity index is 1.87. The number of unbranched alkanes of at least 4 members (excludes halogenated alkanes) is 1. The van der Waals surface area contributed by atoms with Crippen molar-refractivity contribution in [3.63, 3.8) is 0 Å². The van der Waals surface area contributed by atoms with Crippen LogP contribution in [0.25, 0.3) is 0 Å². The number of benzene rings is 2. The molecule has 0 heterocycles. The lowest BCUT2D eigenvalue weighted by Gasteiger charge is -2.12. The number of nitrogens with one attached hydrogen (secondary N) is 3. The van der Waals surface area contributed by atoms with Crippen molar-refractivity contribution >= 4 is 40.5 Å². The third-order valence-corrected chi connectivity index (χ3v) is 4.31. The average Bonchev–Trinajstić information content (AvgIpc) is 2.69. The first-order valence-corrected chi connectivity index (χ1v) is 10.5. The summed E-state index contributed by atoms with van der Waals surface area (Å²) in [6, 6.07) is 14.1. The van der Waals surface area contributed by atoms with Crippen LogP contribution < -0.4 is 20.7 Å². The van der Waals surface area contributed by atoms with Gasteiger partial charge in [-0.15, -0.1) is 0 Å². The van der Waals surface area contributed by atoms with Gasteiger partial charge in [-0.25, -0.2) is 0 Å². The van der Waals surface area contributed by atoms with E-state index in [0.717, 1.165) is 12.8 Å². The number of amides is 2. The highest BCUT2D eigenvalue weighted by atomic mass is 32.1. The summed E-state index contributed by atoms with van der Waals surface area (Å²) in [5.41, 5.74) is 1.89. The van der Waals surface area contributed by atoms with Gasteiger partial charge in [0, 0.05) is 23.4 Å². The first-order chi connectivity index (χ1) is 14.4. The SMILES string of the molecule is CCCCOc1cccc(C(=O)NC(=S)Nc2ccc(NC(=O)CC(C)C)cc2)c1. The second kappa shape index (κ2) is 11.9. The molecule has 0 bridgehead atoms. The van der Waals surface area contributed by atoms with E-state index in [1.807, 2.05) is 19.9 Å². The van der Waals surface area contributed by atoms with E-state index in [-0.39, 0.29) is 16.9 Å². The number of ether oxygens (including phenoxy) is 1. The standard InChI is InChI=1S/C23H29N3O3S/c1-4-5-13-29-20-8-6-7-17(15-20)22(28)26-23(30)25-19-11-9-18(10-12-19)24-21(27)14-16(2)3/h6-12,15-16H,4-5,13-14H2,1-3H3,(H,24,27)(H2,25,26,28,30). The molecule has 0 spiro atoms. The van der Waals surface area contributed by atoms with Gasteiger partial charge >= 0.3 is 0 Å². The summed E-state index contributed by atoms with van der Waals surface area (Å²) in [5, 5.41) is 8.67. The minimum absolute atomic E-state index is 0.0191. The fourth-order valence-electron chi connectivity index (χ4n) is 2.62. The quantitative estimate of drug-likeness (QED) is 0.389. The Labute approximate surface area is 183 Å². The zero-order chi connectivity index (χ0) is 21.9. The highest BCUT2D eigenvalue weighted by molar-refractivity contribution is 7.80. The molecular weight excluding hydrogens is 398 g/mol. The van der Waals surface area contributed by atoms with Gasteiger partial charge in [0.25, 0.3) is 5.91 Å². The summed E-state index contributed by atoms with van der Waals surface area (Å²) < 4.78 is 5.64. The molecular formula is C23H29N3O3S. The van der Waals surface area contributed by atoms with Crippen LogP contribution in [0, 0.1) is 5.92 Å². The molecule has 0 saturated heterocycles. The van der Waals surface area contributed by atoms with Gasteiger partial charge in [-0.3, -0.25) is 14.9 Å². The summed E-state index contributed by atoms with van der Waals surface area (Å²) in [6.07, 6.45) is 2.48. The van der Waals surface area contributed by atoms with Crippen LogP contribution >= 0.6 is 12.2 Å². The number of carbonyl (C=O) groups is 2. The Kier molecular flexibility index (Phi) is 9.28. The van der Waals surface area contributed by atoms with E-state index < -0.39 is 0 Å². The van der Waals surface area contributed by atoms with E-state index in [1.54, 1.807) is 42.5 Å². The van der Waals surface area contributed by atoms with Crippen LogP contribution in [0.5, 0.6) is 5.75 Å². The zero-order valence-corrected chi connectivity index (χ0v) is 18.5. The molecule has 0 aromatic heterocycles. The van der Waals surface area contributed by atoms with Gasteiger partial charge in [-0.1, -0.05) is 33.3 Å². The second-order valence-electron chi connectivity index (χ2n) is 7.36. The van der Waals surface area contributed by atoms with Gasteiger partial charge in [0.1, 0.15) is 5.75 Å². The Morgan fingerprint density at radius 2 is 1.70 bits per heavy atom. The monoisotopic (exact) mass is 427 g/mol.